The van der Waals surface area contributed by atoms with Gasteiger partial charge in [0.1, 0.15) is 11.3 Å². The number of halogens is 3. The van der Waals surface area contributed by atoms with Gasteiger partial charge in [0.05, 0.1) is 18.6 Å². The molecule has 2 aromatic heterocycles. The lowest BCUT2D eigenvalue weighted by Crippen LogP contribution is -2.28. The van der Waals surface area contributed by atoms with Crippen LogP contribution in [0.3, 0.4) is 0 Å². The largest absolute Gasteiger partial charge is 0.465 e. The SMILES string of the molecule is COC(=O)c1cnc2c(c1)nc(C[C@H]1CC[C@@H](C(F)(F)F)CC1)n2C1CC1. The maximum absolute atomic E-state index is 12.9. The molecule has 5 nitrogen and oxygen atoms in total. The number of alkyl halides is 3. The predicted molar refractivity (Wildman–Crippen MR) is 92.3 cm³/mol. The molecular weight excluding hydrogens is 359 g/mol. The van der Waals surface area contributed by atoms with Crippen LogP contribution >= 0.6 is 0 Å². The first-order valence-electron chi connectivity index (χ1n) is 9.38. The number of carbonyl (C=O) groups is 1. The number of aromatic nitrogens is 3. The Bertz CT molecular complexity index is 850. The minimum absolute atomic E-state index is 0.197. The first-order chi connectivity index (χ1) is 12.9. The van der Waals surface area contributed by atoms with E-state index in [9.17, 15) is 18.0 Å². The van der Waals surface area contributed by atoms with Crippen LogP contribution in [-0.2, 0) is 11.2 Å². The van der Waals surface area contributed by atoms with Crippen molar-refractivity contribution in [1.82, 2.24) is 14.5 Å². The number of hydrogen-bond donors (Lipinski definition) is 0. The fourth-order valence-electron chi connectivity index (χ4n) is 4.07. The summed E-state index contributed by atoms with van der Waals surface area (Å²) in [6.45, 7) is 0. The molecule has 0 saturated heterocycles. The first kappa shape index (κ1) is 18.3. The van der Waals surface area contributed by atoms with Crippen molar-refractivity contribution in [3.63, 3.8) is 0 Å². The highest BCUT2D eigenvalue weighted by Gasteiger charge is 2.41. The van der Waals surface area contributed by atoms with Crippen molar-refractivity contribution in [2.24, 2.45) is 11.8 Å². The van der Waals surface area contributed by atoms with E-state index in [0.717, 1.165) is 24.3 Å². The highest BCUT2D eigenvalue weighted by molar-refractivity contribution is 5.92. The lowest BCUT2D eigenvalue weighted by atomic mass is 9.80. The van der Waals surface area contributed by atoms with E-state index in [2.05, 4.69) is 14.5 Å². The molecule has 0 N–H and O–H groups in total. The molecule has 146 valence electrons. The molecule has 0 spiro atoms. The second-order valence-electron chi connectivity index (χ2n) is 7.65. The molecule has 0 amide bonds. The number of esters is 1. The number of ether oxygens (including phenoxy) is 1. The number of imidazole rings is 1. The van der Waals surface area contributed by atoms with Crippen molar-refractivity contribution in [2.75, 3.05) is 7.11 Å². The Kier molecular flexibility index (Phi) is 4.60. The van der Waals surface area contributed by atoms with E-state index in [1.165, 1.54) is 13.3 Å². The molecule has 8 heteroatoms. The number of rotatable bonds is 4. The van der Waals surface area contributed by atoms with Crippen molar-refractivity contribution in [3.05, 3.63) is 23.7 Å². The van der Waals surface area contributed by atoms with E-state index >= 15 is 0 Å². The molecule has 2 fully saturated rings. The maximum atomic E-state index is 12.9. The van der Waals surface area contributed by atoms with Gasteiger partial charge in [0.15, 0.2) is 5.65 Å². The molecule has 2 saturated carbocycles. The van der Waals surface area contributed by atoms with Gasteiger partial charge in [-0.2, -0.15) is 13.2 Å². The van der Waals surface area contributed by atoms with E-state index in [1.54, 1.807) is 6.07 Å². The van der Waals surface area contributed by atoms with Crippen molar-refractivity contribution in [1.29, 1.82) is 0 Å². The summed E-state index contributed by atoms with van der Waals surface area (Å²) in [6.07, 6.45) is 1.71. The number of pyridine rings is 1. The van der Waals surface area contributed by atoms with E-state index < -0.39 is 18.1 Å². The van der Waals surface area contributed by atoms with Gasteiger partial charge in [-0.3, -0.25) is 0 Å². The van der Waals surface area contributed by atoms with E-state index in [4.69, 9.17) is 4.74 Å². The Morgan fingerprint density at radius 3 is 2.52 bits per heavy atom. The summed E-state index contributed by atoms with van der Waals surface area (Å²) in [4.78, 5) is 20.8. The average molecular weight is 381 g/mol. The van der Waals surface area contributed by atoms with Crippen LogP contribution in [0.5, 0.6) is 0 Å². The third-order valence-corrected chi connectivity index (χ3v) is 5.72. The van der Waals surface area contributed by atoms with E-state index in [0.29, 0.717) is 36.4 Å². The molecule has 2 aliphatic carbocycles. The van der Waals surface area contributed by atoms with Crippen LogP contribution in [0.2, 0.25) is 0 Å². The maximum Gasteiger partial charge on any atom is 0.391 e. The van der Waals surface area contributed by atoms with Crippen molar-refractivity contribution >= 4 is 17.1 Å². The summed E-state index contributed by atoms with van der Waals surface area (Å²) >= 11 is 0. The molecule has 2 aliphatic rings. The molecule has 2 heterocycles. The molecule has 0 aromatic carbocycles. The minimum atomic E-state index is -4.08. The first-order valence-corrected chi connectivity index (χ1v) is 9.38. The summed E-state index contributed by atoms with van der Waals surface area (Å²) in [5.41, 5.74) is 1.73. The van der Waals surface area contributed by atoms with Gasteiger partial charge in [0.2, 0.25) is 0 Å². The zero-order chi connectivity index (χ0) is 19.2. The second-order valence-corrected chi connectivity index (χ2v) is 7.65. The lowest BCUT2D eigenvalue weighted by molar-refractivity contribution is -0.183. The van der Waals surface area contributed by atoms with Crippen LogP contribution in [0.15, 0.2) is 12.3 Å². The van der Waals surface area contributed by atoms with E-state index in [-0.39, 0.29) is 18.8 Å². The summed E-state index contributed by atoms with van der Waals surface area (Å²) in [5, 5.41) is 0. The fraction of sp³-hybridized carbons (Fsp3) is 0.632. The Morgan fingerprint density at radius 2 is 1.93 bits per heavy atom. The Morgan fingerprint density at radius 1 is 1.22 bits per heavy atom. The van der Waals surface area contributed by atoms with Crippen LogP contribution in [0.4, 0.5) is 13.2 Å². The zero-order valence-corrected chi connectivity index (χ0v) is 15.1. The Hall–Kier alpha value is -2.12. The number of nitrogens with zero attached hydrogens (tertiary/aromatic N) is 3. The van der Waals surface area contributed by atoms with Crippen molar-refractivity contribution in [2.45, 2.75) is 57.2 Å². The zero-order valence-electron chi connectivity index (χ0n) is 15.1. The van der Waals surface area contributed by atoms with Crippen LogP contribution in [0.1, 0.15) is 60.7 Å². The molecule has 0 unspecified atom stereocenters. The topological polar surface area (TPSA) is 57.0 Å². The van der Waals surface area contributed by atoms with Crippen LogP contribution in [-0.4, -0.2) is 33.8 Å². The highest BCUT2D eigenvalue weighted by atomic mass is 19.4. The fourth-order valence-corrected chi connectivity index (χ4v) is 4.07. The van der Waals surface area contributed by atoms with Crippen LogP contribution in [0.25, 0.3) is 11.2 Å². The number of carbonyl (C=O) groups excluding carboxylic acids is 1. The molecule has 0 atom stereocenters. The molecule has 0 bridgehead atoms. The average Bonchev–Trinajstić information content (AvgIpc) is 3.41. The van der Waals surface area contributed by atoms with Gasteiger partial charge in [0, 0.05) is 18.7 Å². The number of fused-ring (bicyclic) bond motifs is 1. The van der Waals surface area contributed by atoms with E-state index in [1.807, 2.05) is 0 Å². The van der Waals surface area contributed by atoms with Crippen LogP contribution in [0, 0.1) is 11.8 Å². The van der Waals surface area contributed by atoms with Gasteiger partial charge in [-0.25, -0.2) is 14.8 Å². The standard InChI is InChI=1S/C19H22F3N3O2/c1-27-18(26)12-9-15-17(23-10-12)25(14-6-7-14)16(24-15)8-11-2-4-13(5-3-11)19(20,21)22/h9-11,13-14H,2-8H2,1H3/t11-,13+. The molecular formula is C19H22F3N3O2. The molecule has 4 rings (SSSR count). The monoisotopic (exact) mass is 381 g/mol. The highest BCUT2D eigenvalue weighted by Crippen LogP contribution is 2.42. The summed E-state index contributed by atoms with van der Waals surface area (Å²) in [5.74, 6) is -0.548. The summed E-state index contributed by atoms with van der Waals surface area (Å²) in [6, 6.07) is 2.03. The number of methoxy groups -OCH3 is 1. The molecule has 2 aromatic rings. The molecule has 27 heavy (non-hydrogen) atoms. The van der Waals surface area contributed by atoms with Gasteiger partial charge in [0.25, 0.3) is 0 Å². The predicted octanol–water partition coefficient (Wildman–Crippen LogP) is 4.46. The molecule has 0 radical (unpaired) electrons. The Balaban J connectivity index is 1.56. The third-order valence-electron chi connectivity index (χ3n) is 5.72. The Labute approximate surface area is 154 Å². The van der Waals surface area contributed by atoms with Gasteiger partial charge in [-0.1, -0.05) is 0 Å². The van der Waals surface area contributed by atoms with Gasteiger partial charge < -0.3 is 9.30 Å². The summed E-state index contributed by atoms with van der Waals surface area (Å²) in [7, 11) is 1.32. The van der Waals surface area contributed by atoms with Gasteiger partial charge in [-0.15, -0.1) is 0 Å². The smallest absolute Gasteiger partial charge is 0.391 e. The number of hydrogen-bond acceptors (Lipinski definition) is 4. The van der Waals surface area contributed by atoms with Gasteiger partial charge >= 0.3 is 12.1 Å². The quantitative estimate of drug-likeness (QED) is 0.734. The third kappa shape index (κ3) is 3.66. The van der Waals surface area contributed by atoms with Crippen molar-refractivity contribution < 1.29 is 22.7 Å². The second kappa shape index (κ2) is 6.80. The lowest BCUT2D eigenvalue weighted by Gasteiger charge is -2.29. The molecule has 0 aliphatic heterocycles. The van der Waals surface area contributed by atoms with Crippen molar-refractivity contribution in [3.8, 4) is 0 Å². The minimum Gasteiger partial charge on any atom is -0.465 e. The van der Waals surface area contributed by atoms with Crippen LogP contribution < -0.4 is 0 Å². The normalized spacial score (nSPS) is 23.6. The summed E-state index contributed by atoms with van der Waals surface area (Å²) < 4.78 is 45.5. The van der Waals surface area contributed by atoms with Gasteiger partial charge in [-0.05, 0) is 50.5 Å².